The molecular formula is C12H18O9. The van der Waals surface area contributed by atoms with E-state index in [9.17, 15) is 39.6 Å². The molecule has 0 fully saturated rings. The zero-order valence-corrected chi connectivity index (χ0v) is 11.7. The fourth-order valence-electron chi connectivity index (χ4n) is 1.94. The fourth-order valence-corrected chi connectivity index (χ4v) is 1.94. The Morgan fingerprint density at radius 3 is 1.62 bits per heavy atom. The van der Waals surface area contributed by atoms with Crippen LogP contribution in [0.1, 0.15) is 27.2 Å². The van der Waals surface area contributed by atoms with E-state index in [0.717, 1.165) is 6.92 Å². The molecule has 120 valence electrons. The topological polar surface area (TPSA) is 169 Å². The number of carbonyl (C=O) groups is 4. The van der Waals surface area contributed by atoms with Crippen molar-refractivity contribution in [2.24, 2.45) is 0 Å². The number of hydrogen-bond acceptors (Lipinski definition) is 8. The Morgan fingerprint density at radius 1 is 0.952 bits per heavy atom. The van der Waals surface area contributed by atoms with Crippen LogP contribution >= 0.6 is 0 Å². The number of aliphatic carboxylic acids is 1. The third-order valence-electron chi connectivity index (χ3n) is 3.30. The largest absolute Gasteiger partial charge is 0.481 e. The van der Waals surface area contributed by atoms with Crippen molar-refractivity contribution in [1.29, 1.82) is 0 Å². The fraction of sp³-hybridized carbons (Fsp3) is 0.667. The molecule has 0 amide bonds. The standard InChI is InChI=1S/C12H18O9/c1-5(13)9(18)10(19)12(21,7(3)15)11(20,6(2)14)4-8(16)17/h9-10,18-21H,4H2,1-3H3,(H,16,17). The van der Waals surface area contributed by atoms with Crippen LogP contribution in [0.4, 0.5) is 0 Å². The molecule has 0 saturated heterocycles. The van der Waals surface area contributed by atoms with Gasteiger partial charge >= 0.3 is 5.97 Å². The molecule has 0 aliphatic rings. The lowest BCUT2D eigenvalue weighted by molar-refractivity contribution is -0.218. The van der Waals surface area contributed by atoms with Crippen molar-refractivity contribution >= 4 is 23.3 Å². The Kier molecular flexibility index (Phi) is 5.88. The van der Waals surface area contributed by atoms with Crippen LogP contribution in [0.3, 0.4) is 0 Å². The van der Waals surface area contributed by atoms with Crippen LogP contribution in [0, 0.1) is 0 Å². The van der Waals surface area contributed by atoms with Crippen molar-refractivity contribution in [3.8, 4) is 0 Å². The highest BCUT2D eigenvalue weighted by Crippen LogP contribution is 2.33. The number of Topliss-reactive ketones (excluding diaryl/α,β-unsaturated/α-hetero) is 3. The number of carboxylic acid groups (broad SMARTS) is 1. The number of rotatable bonds is 8. The van der Waals surface area contributed by atoms with E-state index in [1.54, 1.807) is 0 Å². The molecule has 4 unspecified atom stereocenters. The first-order valence-electron chi connectivity index (χ1n) is 5.87. The van der Waals surface area contributed by atoms with Crippen LogP contribution in [-0.2, 0) is 19.2 Å². The van der Waals surface area contributed by atoms with E-state index < -0.39 is 53.1 Å². The summed E-state index contributed by atoms with van der Waals surface area (Å²) in [5, 5.41) is 48.5. The second-order valence-corrected chi connectivity index (χ2v) is 4.81. The quantitative estimate of drug-likeness (QED) is 0.323. The minimum atomic E-state index is -3.36. The summed E-state index contributed by atoms with van der Waals surface area (Å²) in [5.74, 6) is -5.49. The summed E-state index contributed by atoms with van der Waals surface area (Å²) in [4.78, 5) is 45.0. The Balaban J connectivity index is 6.15. The molecule has 5 N–H and O–H groups in total. The number of aliphatic hydroxyl groups is 4. The van der Waals surface area contributed by atoms with Crippen molar-refractivity contribution in [2.45, 2.75) is 50.6 Å². The highest BCUT2D eigenvalue weighted by Gasteiger charge is 2.63. The second kappa shape index (κ2) is 6.39. The maximum atomic E-state index is 11.6. The summed E-state index contributed by atoms with van der Waals surface area (Å²) >= 11 is 0. The monoisotopic (exact) mass is 306 g/mol. The molecule has 0 radical (unpaired) electrons. The molecule has 0 aliphatic heterocycles. The number of aliphatic hydroxyl groups excluding tert-OH is 2. The SMILES string of the molecule is CC(=O)C(O)C(O)C(O)(C(C)=O)C(O)(CC(=O)O)C(C)=O. The molecule has 4 atom stereocenters. The van der Waals surface area contributed by atoms with Crippen LogP contribution in [-0.4, -0.2) is 72.3 Å². The van der Waals surface area contributed by atoms with Crippen molar-refractivity contribution in [3.05, 3.63) is 0 Å². The smallest absolute Gasteiger partial charge is 0.306 e. The number of carbonyl (C=O) groups excluding carboxylic acids is 3. The third kappa shape index (κ3) is 3.32. The summed E-state index contributed by atoms with van der Waals surface area (Å²) in [6.45, 7) is 2.20. The Labute approximate surface area is 119 Å². The maximum Gasteiger partial charge on any atom is 0.306 e. The van der Waals surface area contributed by atoms with Gasteiger partial charge in [-0.3, -0.25) is 19.2 Å². The van der Waals surface area contributed by atoms with Crippen LogP contribution < -0.4 is 0 Å². The molecule has 0 saturated carbocycles. The number of ketones is 3. The van der Waals surface area contributed by atoms with E-state index >= 15 is 0 Å². The zero-order chi connectivity index (χ0) is 17.2. The molecule has 0 aromatic rings. The summed E-state index contributed by atoms with van der Waals surface area (Å²) in [5.41, 5.74) is -6.57. The molecule has 0 bridgehead atoms. The first-order valence-corrected chi connectivity index (χ1v) is 5.87. The Morgan fingerprint density at radius 2 is 1.38 bits per heavy atom. The predicted octanol–water partition coefficient (Wildman–Crippen LogP) is -2.59. The molecule has 0 heterocycles. The van der Waals surface area contributed by atoms with Gasteiger partial charge < -0.3 is 25.5 Å². The van der Waals surface area contributed by atoms with Gasteiger partial charge in [-0.25, -0.2) is 0 Å². The van der Waals surface area contributed by atoms with E-state index in [1.165, 1.54) is 0 Å². The Hall–Kier alpha value is -1.68. The summed E-state index contributed by atoms with van der Waals surface area (Å²) in [6.07, 6.45) is -6.28. The van der Waals surface area contributed by atoms with Crippen LogP contribution in [0.15, 0.2) is 0 Å². The lowest BCUT2D eigenvalue weighted by Gasteiger charge is -2.43. The summed E-state index contributed by atoms with van der Waals surface area (Å²) in [7, 11) is 0. The molecule has 0 rings (SSSR count). The lowest BCUT2D eigenvalue weighted by atomic mass is 9.70. The second-order valence-electron chi connectivity index (χ2n) is 4.81. The molecule has 21 heavy (non-hydrogen) atoms. The van der Waals surface area contributed by atoms with Crippen LogP contribution in [0.25, 0.3) is 0 Å². The van der Waals surface area contributed by atoms with Crippen LogP contribution in [0.2, 0.25) is 0 Å². The molecule has 0 aromatic heterocycles. The lowest BCUT2D eigenvalue weighted by Crippen LogP contribution is -2.71. The molecule has 0 aliphatic carbocycles. The van der Waals surface area contributed by atoms with Gasteiger partial charge in [-0.05, 0) is 20.8 Å². The predicted molar refractivity (Wildman–Crippen MR) is 66.2 cm³/mol. The van der Waals surface area contributed by atoms with E-state index in [0.29, 0.717) is 13.8 Å². The van der Waals surface area contributed by atoms with E-state index in [-0.39, 0.29) is 0 Å². The van der Waals surface area contributed by atoms with Gasteiger partial charge in [0.15, 0.2) is 28.6 Å². The van der Waals surface area contributed by atoms with E-state index in [4.69, 9.17) is 5.11 Å². The normalized spacial score (nSPS) is 19.8. The molecule has 0 spiro atoms. The van der Waals surface area contributed by atoms with Crippen molar-refractivity contribution < 1.29 is 44.7 Å². The molecule has 9 heteroatoms. The first kappa shape index (κ1) is 19.3. The van der Waals surface area contributed by atoms with Gasteiger partial charge in [0.25, 0.3) is 0 Å². The van der Waals surface area contributed by atoms with Gasteiger partial charge in [0, 0.05) is 0 Å². The van der Waals surface area contributed by atoms with Gasteiger partial charge in [-0.2, -0.15) is 0 Å². The van der Waals surface area contributed by atoms with Gasteiger partial charge in [0.2, 0.25) is 0 Å². The minimum Gasteiger partial charge on any atom is -0.481 e. The number of hydrogen-bond donors (Lipinski definition) is 5. The summed E-state index contributed by atoms with van der Waals surface area (Å²) in [6, 6.07) is 0. The van der Waals surface area contributed by atoms with Gasteiger partial charge in [0.1, 0.15) is 12.2 Å². The molecular weight excluding hydrogens is 288 g/mol. The van der Waals surface area contributed by atoms with Crippen molar-refractivity contribution in [2.75, 3.05) is 0 Å². The van der Waals surface area contributed by atoms with Crippen LogP contribution in [0.5, 0.6) is 0 Å². The molecule has 9 nitrogen and oxygen atoms in total. The van der Waals surface area contributed by atoms with Gasteiger partial charge in [-0.1, -0.05) is 0 Å². The summed E-state index contributed by atoms with van der Waals surface area (Å²) < 4.78 is 0. The van der Waals surface area contributed by atoms with Crippen molar-refractivity contribution in [3.63, 3.8) is 0 Å². The number of carboxylic acids is 1. The average molecular weight is 306 g/mol. The van der Waals surface area contributed by atoms with Gasteiger partial charge in [0.05, 0.1) is 6.42 Å². The average Bonchev–Trinajstić information content (AvgIpc) is 2.33. The highest BCUT2D eigenvalue weighted by atomic mass is 16.4. The Bertz CT molecular complexity index is 471. The highest BCUT2D eigenvalue weighted by molar-refractivity contribution is 6.00. The zero-order valence-electron chi connectivity index (χ0n) is 11.7. The first-order chi connectivity index (χ1) is 9.32. The third-order valence-corrected chi connectivity index (χ3v) is 3.30. The maximum absolute atomic E-state index is 11.6. The minimum absolute atomic E-state index is 0.672. The molecule has 0 aromatic carbocycles. The van der Waals surface area contributed by atoms with E-state index in [1.807, 2.05) is 0 Å². The van der Waals surface area contributed by atoms with Gasteiger partial charge in [-0.15, -0.1) is 0 Å². The van der Waals surface area contributed by atoms with E-state index in [2.05, 4.69) is 0 Å². The van der Waals surface area contributed by atoms with Crippen molar-refractivity contribution in [1.82, 2.24) is 0 Å².